The van der Waals surface area contributed by atoms with Crippen LogP contribution in [0.1, 0.15) is 19.8 Å². The summed E-state index contributed by atoms with van der Waals surface area (Å²) in [5, 5.41) is 11.3. The lowest BCUT2D eigenvalue weighted by molar-refractivity contribution is -0.143. The second-order valence-corrected chi connectivity index (χ2v) is 4.01. The predicted octanol–water partition coefficient (Wildman–Crippen LogP) is -0.512. The molecule has 0 aliphatic rings. The minimum atomic E-state index is -1.23. The van der Waals surface area contributed by atoms with Crippen molar-refractivity contribution in [3.8, 4) is 0 Å². The van der Waals surface area contributed by atoms with Crippen LogP contribution in [0.15, 0.2) is 0 Å². The summed E-state index contributed by atoms with van der Waals surface area (Å²) >= 11 is 0. The van der Waals surface area contributed by atoms with Crippen molar-refractivity contribution in [1.82, 2.24) is 5.32 Å². The molecule has 0 aromatic carbocycles. The molecular formula is C11H17N3O5. The SMILES string of the molecule is COCC(C)C(=O)NC(CCC(=O)C=[N+]=[N-])C(=O)O. The molecule has 0 radical (unpaired) electrons. The van der Waals surface area contributed by atoms with Gasteiger partial charge in [0.05, 0.1) is 12.5 Å². The minimum absolute atomic E-state index is 0.0777. The van der Waals surface area contributed by atoms with Crippen LogP contribution in [0.3, 0.4) is 0 Å². The van der Waals surface area contributed by atoms with E-state index in [0.717, 1.165) is 0 Å². The largest absolute Gasteiger partial charge is 0.480 e. The smallest absolute Gasteiger partial charge is 0.326 e. The summed E-state index contributed by atoms with van der Waals surface area (Å²) in [5.74, 6) is -2.70. The second kappa shape index (κ2) is 8.96. The fourth-order valence-electron chi connectivity index (χ4n) is 1.31. The van der Waals surface area contributed by atoms with Crippen molar-refractivity contribution in [2.75, 3.05) is 13.7 Å². The van der Waals surface area contributed by atoms with Crippen LogP contribution in [0.25, 0.3) is 5.53 Å². The van der Waals surface area contributed by atoms with E-state index in [1.165, 1.54) is 7.11 Å². The molecule has 0 fully saturated rings. The number of carbonyl (C=O) groups is 3. The average molecular weight is 271 g/mol. The third-order valence-corrected chi connectivity index (χ3v) is 2.36. The molecule has 106 valence electrons. The van der Waals surface area contributed by atoms with E-state index < -0.39 is 29.6 Å². The number of nitrogens with one attached hydrogen (secondary N) is 1. The normalized spacial score (nSPS) is 12.9. The third kappa shape index (κ3) is 7.07. The maximum absolute atomic E-state index is 11.6. The first-order valence-electron chi connectivity index (χ1n) is 5.64. The quantitative estimate of drug-likeness (QED) is 0.331. The molecule has 0 saturated carbocycles. The number of hydrogen-bond donors (Lipinski definition) is 2. The maximum atomic E-state index is 11.6. The van der Waals surface area contributed by atoms with Crippen LogP contribution in [-0.4, -0.2) is 53.5 Å². The minimum Gasteiger partial charge on any atom is -0.480 e. The van der Waals surface area contributed by atoms with Gasteiger partial charge in [0, 0.05) is 13.5 Å². The van der Waals surface area contributed by atoms with Crippen molar-refractivity contribution in [2.24, 2.45) is 5.92 Å². The Labute approximate surface area is 110 Å². The number of rotatable bonds is 9. The lowest BCUT2D eigenvalue weighted by atomic mass is 10.1. The Hall–Kier alpha value is -2.05. The van der Waals surface area contributed by atoms with Crippen LogP contribution < -0.4 is 5.32 Å². The van der Waals surface area contributed by atoms with Gasteiger partial charge >= 0.3 is 12.2 Å². The highest BCUT2D eigenvalue weighted by molar-refractivity contribution is 6.25. The number of ketones is 1. The summed E-state index contributed by atoms with van der Waals surface area (Å²) in [5.41, 5.74) is 8.14. The first kappa shape index (κ1) is 16.9. The molecule has 0 aliphatic carbocycles. The number of carboxylic acid groups (broad SMARTS) is 1. The van der Waals surface area contributed by atoms with Crippen LogP contribution in [0.4, 0.5) is 0 Å². The fraction of sp³-hybridized carbons (Fsp3) is 0.636. The average Bonchev–Trinajstić information content (AvgIpc) is 2.34. The summed E-state index contributed by atoms with van der Waals surface area (Å²) in [6, 6.07) is -1.16. The summed E-state index contributed by atoms with van der Waals surface area (Å²) in [7, 11) is 1.44. The molecule has 1 amide bonds. The van der Waals surface area contributed by atoms with Crippen molar-refractivity contribution >= 4 is 23.9 Å². The molecule has 8 nitrogen and oxygen atoms in total. The molecule has 2 N–H and O–H groups in total. The number of methoxy groups -OCH3 is 1. The number of ether oxygens (including phenoxy) is 1. The number of hydrogen-bond acceptors (Lipinski definition) is 4. The van der Waals surface area contributed by atoms with Crippen molar-refractivity contribution in [3.05, 3.63) is 5.53 Å². The molecule has 0 aliphatic heterocycles. The predicted molar refractivity (Wildman–Crippen MR) is 64.5 cm³/mol. The van der Waals surface area contributed by atoms with Crippen molar-refractivity contribution in [3.63, 3.8) is 0 Å². The summed E-state index contributed by atoms with van der Waals surface area (Å²) in [6.07, 6.45) is 0.472. The Bertz CT molecular complexity index is 390. The summed E-state index contributed by atoms with van der Waals surface area (Å²) in [4.78, 5) is 36.2. The van der Waals surface area contributed by atoms with Gasteiger partial charge in [0.2, 0.25) is 11.7 Å². The van der Waals surface area contributed by atoms with Gasteiger partial charge < -0.3 is 20.7 Å². The topological polar surface area (TPSA) is 129 Å². The number of nitrogens with zero attached hydrogens (tertiary/aromatic N) is 2. The Morgan fingerprint density at radius 3 is 2.58 bits per heavy atom. The van der Waals surface area contributed by atoms with Crippen molar-refractivity contribution in [1.29, 1.82) is 0 Å². The number of carbonyl (C=O) groups excluding carboxylic acids is 2. The van der Waals surface area contributed by atoms with Gasteiger partial charge in [-0.25, -0.2) is 4.79 Å². The van der Waals surface area contributed by atoms with Crippen molar-refractivity contribution < 1.29 is 29.0 Å². The number of amides is 1. The molecule has 8 heteroatoms. The van der Waals surface area contributed by atoms with Gasteiger partial charge in [-0.3, -0.25) is 9.59 Å². The highest BCUT2D eigenvalue weighted by atomic mass is 16.5. The van der Waals surface area contributed by atoms with Gasteiger partial charge in [-0.2, -0.15) is 4.79 Å². The third-order valence-electron chi connectivity index (χ3n) is 2.36. The van der Waals surface area contributed by atoms with Crippen LogP contribution in [0, 0.1) is 5.92 Å². The zero-order valence-corrected chi connectivity index (χ0v) is 10.8. The highest BCUT2D eigenvalue weighted by Crippen LogP contribution is 2.02. The van der Waals surface area contributed by atoms with Crippen LogP contribution in [0.5, 0.6) is 0 Å². The van der Waals surface area contributed by atoms with Gasteiger partial charge in [-0.05, 0) is 6.42 Å². The van der Waals surface area contributed by atoms with Gasteiger partial charge in [0.25, 0.3) is 0 Å². The Balaban J connectivity index is 4.42. The first-order chi connectivity index (χ1) is 8.92. The van der Waals surface area contributed by atoms with E-state index in [1.54, 1.807) is 6.92 Å². The number of aliphatic carboxylic acids is 1. The molecule has 0 aromatic heterocycles. The molecule has 2 atom stereocenters. The summed E-state index contributed by atoms with van der Waals surface area (Å²) in [6.45, 7) is 1.77. The molecule has 0 spiro atoms. The Morgan fingerprint density at radius 1 is 1.47 bits per heavy atom. The standard InChI is InChI=1S/C11H17N3O5/c1-7(6-19-2)10(16)14-9(11(17)18)4-3-8(15)5-13-12/h5,7,9H,3-4,6H2,1-2H3,(H,14,16)(H,17,18). The molecule has 0 aromatic rings. The van der Waals surface area contributed by atoms with Crippen LogP contribution in [0.2, 0.25) is 0 Å². The second-order valence-electron chi connectivity index (χ2n) is 4.01. The maximum Gasteiger partial charge on any atom is 0.326 e. The lowest BCUT2D eigenvalue weighted by Crippen LogP contribution is -2.44. The Kier molecular flexibility index (Phi) is 7.99. The summed E-state index contributed by atoms with van der Waals surface area (Å²) < 4.78 is 4.79. The van der Waals surface area contributed by atoms with E-state index in [1.807, 2.05) is 0 Å². The van der Waals surface area contributed by atoms with Crippen molar-refractivity contribution in [2.45, 2.75) is 25.8 Å². The molecule has 0 heterocycles. The fourth-order valence-corrected chi connectivity index (χ4v) is 1.31. The highest BCUT2D eigenvalue weighted by Gasteiger charge is 2.23. The zero-order valence-electron chi connectivity index (χ0n) is 10.8. The van der Waals surface area contributed by atoms with E-state index in [4.69, 9.17) is 15.4 Å². The van der Waals surface area contributed by atoms with Gasteiger partial charge in [-0.1, -0.05) is 6.92 Å². The lowest BCUT2D eigenvalue weighted by Gasteiger charge is -2.16. The monoisotopic (exact) mass is 271 g/mol. The van der Waals surface area contributed by atoms with E-state index in [-0.39, 0.29) is 19.4 Å². The molecule has 0 bridgehead atoms. The van der Waals surface area contributed by atoms with E-state index in [9.17, 15) is 14.4 Å². The van der Waals surface area contributed by atoms with E-state index in [2.05, 4.69) is 10.1 Å². The number of carboxylic acids is 1. The number of Topliss-reactive ketones (excluding diaryl/α,β-unsaturated/α-hetero) is 1. The van der Waals surface area contributed by atoms with E-state index >= 15 is 0 Å². The molecule has 0 rings (SSSR count). The molecule has 0 saturated heterocycles. The molecule has 2 unspecified atom stereocenters. The Morgan fingerprint density at radius 2 is 2.11 bits per heavy atom. The first-order valence-corrected chi connectivity index (χ1v) is 5.64. The van der Waals surface area contributed by atoms with Gasteiger partial charge in [-0.15, -0.1) is 0 Å². The zero-order chi connectivity index (χ0) is 14.8. The van der Waals surface area contributed by atoms with E-state index in [0.29, 0.717) is 6.21 Å². The molecule has 19 heavy (non-hydrogen) atoms. The van der Waals surface area contributed by atoms with Gasteiger partial charge in [0.15, 0.2) is 0 Å². The molecular weight excluding hydrogens is 254 g/mol. The van der Waals surface area contributed by atoms with Gasteiger partial charge in [0.1, 0.15) is 6.04 Å². The van der Waals surface area contributed by atoms with Crippen LogP contribution >= 0.6 is 0 Å². The van der Waals surface area contributed by atoms with Crippen LogP contribution in [-0.2, 0) is 19.1 Å².